The van der Waals surface area contributed by atoms with Crippen LogP contribution in [0.25, 0.3) is 0 Å². The molecular formula is C26H31N6O2+. The number of carbonyl (C=O) groups excluding carboxylic acids is 2. The van der Waals surface area contributed by atoms with E-state index in [2.05, 4.69) is 33.1 Å². The molecule has 0 radical (unpaired) electrons. The van der Waals surface area contributed by atoms with E-state index in [1.165, 1.54) is 0 Å². The van der Waals surface area contributed by atoms with E-state index in [4.69, 9.17) is 0 Å². The van der Waals surface area contributed by atoms with Gasteiger partial charge in [0.15, 0.2) is 0 Å². The van der Waals surface area contributed by atoms with E-state index in [0.717, 1.165) is 53.4 Å². The Labute approximate surface area is 199 Å². The summed E-state index contributed by atoms with van der Waals surface area (Å²) < 4.78 is 2.00. The third-order valence-electron chi connectivity index (χ3n) is 6.83. The molecule has 1 saturated heterocycles. The Bertz CT molecular complexity index is 1200. The van der Waals surface area contributed by atoms with Gasteiger partial charge in [0.2, 0.25) is 11.8 Å². The number of carbonyl (C=O) groups is 2. The lowest BCUT2D eigenvalue weighted by molar-refractivity contribution is -0.386. The number of nitrogens with zero attached hydrogens (tertiary/aromatic N) is 4. The number of anilines is 3. The van der Waals surface area contributed by atoms with Crippen molar-refractivity contribution in [2.24, 2.45) is 7.05 Å². The molecule has 3 heterocycles. The number of aromatic nitrogens is 2. The van der Waals surface area contributed by atoms with Gasteiger partial charge in [-0.25, -0.2) is 4.98 Å². The van der Waals surface area contributed by atoms with Crippen molar-refractivity contribution in [1.82, 2.24) is 9.55 Å². The van der Waals surface area contributed by atoms with Crippen LogP contribution in [0.15, 0.2) is 54.9 Å². The van der Waals surface area contributed by atoms with Crippen LogP contribution < -0.4 is 20.9 Å². The Morgan fingerprint density at radius 1 is 1.15 bits per heavy atom. The van der Waals surface area contributed by atoms with E-state index in [-0.39, 0.29) is 17.9 Å². The number of fused-ring (bicyclic) bond motifs is 1. The van der Waals surface area contributed by atoms with E-state index in [0.29, 0.717) is 25.9 Å². The smallest absolute Gasteiger partial charge is 0.247 e. The Kier molecular flexibility index (Phi) is 6.06. The van der Waals surface area contributed by atoms with Crippen LogP contribution >= 0.6 is 0 Å². The quantitative estimate of drug-likeness (QED) is 0.611. The molecule has 1 fully saturated rings. The van der Waals surface area contributed by atoms with E-state index >= 15 is 0 Å². The summed E-state index contributed by atoms with van der Waals surface area (Å²) in [5, 5.41) is 3.10. The summed E-state index contributed by atoms with van der Waals surface area (Å²) in [5.41, 5.74) is 9.82. The van der Waals surface area contributed by atoms with E-state index < -0.39 is 0 Å². The van der Waals surface area contributed by atoms with Gasteiger partial charge in [0.1, 0.15) is 6.04 Å². The lowest BCUT2D eigenvalue weighted by Gasteiger charge is -2.36. The highest BCUT2D eigenvalue weighted by Crippen LogP contribution is 2.30. The molecule has 0 saturated carbocycles. The fourth-order valence-electron chi connectivity index (χ4n) is 4.89. The lowest BCUT2D eigenvalue weighted by atomic mass is 9.99. The Hall–Kier alpha value is -3.65. The second-order valence-corrected chi connectivity index (χ2v) is 9.06. The van der Waals surface area contributed by atoms with Crippen molar-refractivity contribution in [2.45, 2.75) is 44.8 Å². The minimum Gasteiger partial charge on any atom is -0.354 e. The molecule has 5 rings (SSSR count). The molecule has 1 aromatic heterocycles. The van der Waals surface area contributed by atoms with Gasteiger partial charge in [-0.3, -0.25) is 9.59 Å². The number of benzene rings is 2. The van der Waals surface area contributed by atoms with Gasteiger partial charge in [-0.1, -0.05) is 12.1 Å². The van der Waals surface area contributed by atoms with Crippen molar-refractivity contribution in [3.8, 4) is 0 Å². The molecule has 0 bridgehead atoms. The number of hydrogen-bond acceptors (Lipinski definition) is 4. The maximum Gasteiger partial charge on any atom is 0.247 e. The molecule has 0 spiro atoms. The average Bonchev–Trinajstić information content (AvgIpc) is 3.24. The van der Waals surface area contributed by atoms with Crippen LogP contribution in [0.4, 0.5) is 17.1 Å². The molecule has 176 valence electrons. The van der Waals surface area contributed by atoms with Gasteiger partial charge in [-0.15, -0.1) is 0 Å². The first-order chi connectivity index (χ1) is 16.5. The molecule has 2 aliphatic rings. The van der Waals surface area contributed by atoms with Crippen molar-refractivity contribution in [3.05, 3.63) is 71.8 Å². The minimum absolute atomic E-state index is 0.0614. The second-order valence-electron chi connectivity index (χ2n) is 9.06. The highest BCUT2D eigenvalue weighted by atomic mass is 16.2. The summed E-state index contributed by atoms with van der Waals surface area (Å²) in [4.78, 5) is 34.3. The summed E-state index contributed by atoms with van der Waals surface area (Å²) in [5.74, 6) is 0.103. The number of aryl methyl sites for hydroxylation is 1. The third-order valence-corrected chi connectivity index (χ3v) is 6.83. The van der Waals surface area contributed by atoms with Crippen LogP contribution in [0.1, 0.15) is 36.2 Å². The van der Waals surface area contributed by atoms with Crippen molar-refractivity contribution in [3.63, 3.8) is 0 Å². The van der Waals surface area contributed by atoms with Crippen LogP contribution in [0.2, 0.25) is 0 Å². The Morgan fingerprint density at radius 2 is 1.97 bits per heavy atom. The summed E-state index contributed by atoms with van der Waals surface area (Å²) in [6.45, 7) is 2.02. The molecule has 8 heteroatoms. The summed E-state index contributed by atoms with van der Waals surface area (Å²) in [6.07, 6.45) is 4.97. The van der Waals surface area contributed by atoms with Crippen molar-refractivity contribution in [2.75, 3.05) is 21.7 Å². The van der Waals surface area contributed by atoms with Crippen molar-refractivity contribution < 1.29 is 15.3 Å². The van der Waals surface area contributed by atoms with Crippen LogP contribution in [0, 0.1) is 0 Å². The first kappa shape index (κ1) is 22.2. The van der Waals surface area contributed by atoms with Gasteiger partial charge in [0.05, 0.1) is 25.1 Å². The summed E-state index contributed by atoms with van der Waals surface area (Å²) in [7, 11) is 1.97. The van der Waals surface area contributed by atoms with Crippen LogP contribution in [0.5, 0.6) is 0 Å². The standard InChI is InChI=1S/C26H30N6O2/c1-30-17-28-22-16-32(21-6-4-5-18(13-21)15-27)24(14-23(22)30)26(34)29-19-8-10-20(11-9-19)31-12-3-2-7-25(31)33/h4-6,8-11,13,17,24H,2-3,7,12,14-16,27H2,1H3,(H,29,34)/p+1. The first-order valence-electron chi connectivity index (χ1n) is 11.9. The number of amides is 2. The zero-order chi connectivity index (χ0) is 23.7. The fourth-order valence-corrected chi connectivity index (χ4v) is 4.89. The molecule has 2 aliphatic heterocycles. The maximum atomic E-state index is 13.5. The van der Waals surface area contributed by atoms with Crippen LogP contribution in [0.3, 0.4) is 0 Å². The van der Waals surface area contributed by atoms with Crippen LogP contribution in [-0.2, 0) is 36.1 Å². The molecule has 1 unspecified atom stereocenters. The first-order valence-corrected chi connectivity index (χ1v) is 11.9. The SMILES string of the molecule is Cn1cnc2c1CC(C(=O)Nc1ccc(N3CCCCC3=O)cc1)N(c1cccc(C[NH3+])c1)C2. The molecule has 4 N–H and O–H groups in total. The number of rotatable bonds is 5. The fraction of sp³-hybridized carbons (Fsp3) is 0.346. The monoisotopic (exact) mass is 459 g/mol. The number of hydrogen-bond donors (Lipinski definition) is 2. The summed E-state index contributed by atoms with van der Waals surface area (Å²) in [6, 6.07) is 15.4. The molecular weight excluding hydrogens is 428 g/mol. The van der Waals surface area contributed by atoms with Gasteiger partial charge in [0.25, 0.3) is 0 Å². The predicted octanol–water partition coefficient (Wildman–Crippen LogP) is 2.25. The lowest BCUT2D eigenvalue weighted by Crippen LogP contribution is -2.49. The molecule has 2 aromatic carbocycles. The highest BCUT2D eigenvalue weighted by Gasteiger charge is 2.34. The van der Waals surface area contributed by atoms with Gasteiger partial charge in [-0.2, -0.15) is 0 Å². The Balaban J connectivity index is 1.38. The number of quaternary nitrogens is 1. The normalized spacial score (nSPS) is 18.1. The largest absolute Gasteiger partial charge is 0.354 e. The van der Waals surface area contributed by atoms with Crippen LogP contribution in [-0.4, -0.2) is 34.0 Å². The van der Waals surface area contributed by atoms with Gasteiger partial charge in [-0.05, 0) is 49.2 Å². The molecule has 8 nitrogen and oxygen atoms in total. The van der Waals surface area contributed by atoms with E-state index in [1.807, 2.05) is 59.2 Å². The van der Waals surface area contributed by atoms with Crippen molar-refractivity contribution in [1.29, 1.82) is 0 Å². The number of imidazole rings is 1. The van der Waals surface area contributed by atoms with Gasteiger partial charge >= 0.3 is 0 Å². The zero-order valence-corrected chi connectivity index (χ0v) is 19.5. The van der Waals surface area contributed by atoms with Gasteiger partial charge < -0.3 is 25.4 Å². The van der Waals surface area contributed by atoms with E-state index in [9.17, 15) is 9.59 Å². The second kappa shape index (κ2) is 9.30. The van der Waals surface area contributed by atoms with Crippen molar-refractivity contribution >= 4 is 28.9 Å². The molecule has 2 amide bonds. The molecule has 34 heavy (non-hydrogen) atoms. The molecule has 1 atom stereocenters. The van der Waals surface area contributed by atoms with Gasteiger partial charge in [0, 0.05) is 54.8 Å². The molecule has 0 aliphatic carbocycles. The topological polar surface area (TPSA) is 98.1 Å². The highest BCUT2D eigenvalue weighted by molar-refractivity contribution is 5.98. The number of piperidine rings is 1. The van der Waals surface area contributed by atoms with E-state index in [1.54, 1.807) is 0 Å². The summed E-state index contributed by atoms with van der Waals surface area (Å²) >= 11 is 0. The predicted molar refractivity (Wildman–Crippen MR) is 131 cm³/mol. The third kappa shape index (κ3) is 4.28. The maximum absolute atomic E-state index is 13.5. The number of nitrogens with one attached hydrogen (secondary N) is 1. The molecule has 3 aromatic rings. The average molecular weight is 460 g/mol. The minimum atomic E-state index is -0.369. The Morgan fingerprint density at radius 3 is 2.74 bits per heavy atom. The zero-order valence-electron chi connectivity index (χ0n) is 19.5.